The summed E-state index contributed by atoms with van der Waals surface area (Å²) >= 11 is 0. The minimum absolute atomic E-state index is 0.0521. The highest BCUT2D eigenvalue weighted by Crippen LogP contribution is 2.40. The Hall–Kier alpha value is -0.710. The van der Waals surface area contributed by atoms with E-state index in [1.54, 1.807) is 0 Å². The Labute approximate surface area is 100.0 Å². The van der Waals surface area contributed by atoms with Gasteiger partial charge in [0.2, 0.25) is 0 Å². The number of hydrogen-bond donors (Lipinski definition) is 3. The van der Waals surface area contributed by atoms with Crippen LogP contribution in [0.1, 0.15) is 5.56 Å². The summed E-state index contributed by atoms with van der Waals surface area (Å²) in [5, 5.41) is 2.95. The fourth-order valence-corrected chi connectivity index (χ4v) is 2.61. The zero-order valence-corrected chi connectivity index (χ0v) is 10.2. The minimum Gasteiger partial charge on any atom is -0.378 e. The maximum atomic E-state index is 11.1. The summed E-state index contributed by atoms with van der Waals surface area (Å²) in [6.07, 6.45) is 0.706. The number of morpholine rings is 1. The second kappa shape index (κ2) is 5.29. The van der Waals surface area contributed by atoms with Crippen LogP contribution in [-0.4, -0.2) is 34.8 Å². The van der Waals surface area contributed by atoms with E-state index in [1.165, 1.54) is 0 Å². The van der Waals surface area contributed by atoms with Crippen molar-refractivity contribution in [2.24, 2.45) is 0 Å². The summed E-state index contributed by atoms with van der Waals surface area (Å²) < 4.78 is 16.4. The average molecular weight is 257 g/mol. The lowest BCUT2D eigenvalue weighted by Crippen LogP contribution is -2.49. The molecule has 0 unspecified atom stereocenters. The number of rotatable bonds is 3. The number of ether oxygens (including phenoxy) is 1. The van der Waals surface area contributed by atoms with Gasteiger partial charge in [-0.15, -0.1) is 0 Å². The molecule has 5 nitrogen and oxygen atoms in total. The van der Waals surface area contributed by atoms with Gasteiger partial charge in [0.1, 0.15) is 5.78 Å². The minimum atomic E-state index is -4.12. The van der Waals surface area contributed by atoms with Crippen molar-refractivity contribution >= 4 is 7.60 Å². The van der Waals surface area contributed by atoms with Crippen molar-refractivity contribution in [2.75, 3.05) is 13.2 Å². The molecule has 0 bridgehead atoms. The van der Waals surface area contributed by atoms with Crippen LogP contribution in [0, 0.1) is 0 Å². The second-order valence-corrected chi connectivity index (χ2v) is 6.00. The van der Waals surface area contributed by atoms with E-state index in [9.17, 15) is 4.57 Å². The summed E-state index contributed by atoms with van der Waals surface area (Å²) in [6.45, 7) is 0.543. The highest BCUT2D eigenvalue weighted by molar-refractivity contribution is 7.52. The van der Waals surface area contributed by atoms with Crippen LogP contribution in [0.5, 0.6) is 0 Å². The van der Waals surface area contributed by atoms with Crippen molar-refractivity contribution in [2.45, 2.75) is 18.2 Å². The highest BCUT2D eigenvalue weighted by atomic mass is 31.2. The normalized spacial score (nSPS) is 25.8. The Morgan fingerprint density at radius 2 is 2.00 bits per heavy atom. The summed E-state index contributed by atoms with van der Waals surface area (Å²) in [5.41, 5.74) is 1.12. The highest BCUT2D eigenvalue weighted by Gasteiger charge is 2.34. The first-order valence-corrected chi connectivity index (χ1v) is 7.17. The molecule has 1 heterocycles. The molecule has 17 heavy (non-hydrogen) atoms. The van der Waals surface area contributed by atoms with E-state index in [0.717, 1.165) is 5.56 Å². The Morgan fingerprint density at radius 1 is 1.29 bits per heavy atom. The van der Waals surface area contributed by atoms with Crippen molar-refractivity contribution in [1.82, 2.24) is 5.32 Å². The fraction of sp³-hybridized carbons (Fsp3) is 0.455. The number of hydrogen-bond acceptors (Lipinski definition) is 3. The molecule has 0 saturated carbocycles. The first-order valence-electron chi connectivity index (χ1n) is 5.48. The summed E-state index contributed by atoms with van der Waals surface area (Å²) in [4.78, 5) is 18.2. The summed E-state index contributed by atoms with van der Waals surface area (Å²) in [7, 11) is -4.12. The average Bonchev–Trinajstić information content (AvgIpc) is 2.29. The summed E-state index contributed by atoms with van der Waals surface area (Å²) in [5.74, 6) is -0.884. The monoisotopic (exact) mass is 257 g/mol. The lowest BCUT2D eigenvalue weighted by atomic mass is 10.1. The van der Waals surface area contributed by atoms with E-state index >= 15 is 0 Å². The standard InChI is InChI=1S/C11H16NO4P/c13-17(14,15)11-8-16-7-10(12-11)6-9-4-2-1-3-5-9/h1-5,10-12H,6-8H2,(H2,13,14,15)/t10-,11+/m0/s1. The van der Waals surface area contributed by atoms with Crippen LogP contribution >= 0.6 is 7.60 Å². The Kier molecular flexibility index (Phi) is 3.97. The van der Waals surface area contributed by atoms with E-state index < -0.39 is 13.4 Å². The number of nitrogens with one attached hydrogen (secondary N) is 1. The first-order chi connectivity index (χ1) is 8.05. The van der Waals surface area contributed by atoms with E-state index in [0.29, 0.717) is 13.0 Å². The molecule has 1 saturated heterocycles. The van der Waals surface area contributed by atoms with Crippen LogP contribution in [-0.2, 0) is 15.7 Å². The van der Waals surface area contributed by atoms with Gasteiger partial charge in [-0.05, 0) is 12.0 Å². The third-order valence-corrected chi connectivity index (χ3v) is 3.86. The van der Waals surface area contributed by atoms with Crippen LogP contribution in [0.4, 0.5) is 0 Å². The topological polar surface area (TPSA) is 78.8 Å². The molecule has 3 N–H and O–H groups in total. The van der Waals surface area contributed by atoms with Gasteiger partial charge in [-0.2, -0.15) is 0 Å². The predicted molar refractivity (Wildman–Crippen MR) is 63.7 cm³/mol. The molecule has 0 spiro atoms. The quantitative estimate of drug-likeness (QED) is 0.695. The first kappa shape index (κ1) is 12.7. The van der Waals surface area contributed by atoms with E-state index in [1.807, 2.05) is 30.3 Å². The zero-order chi connectivity index (χ0) is 12.3. The molecule has 0 aromatic heterocycles. The molecule has 1 aliphatic rings. The van der Waals surface area contributed by atoms with Crippen LogP contribution in [0.15, 0.2) is 30.3 Å². The van der Waals surface area contributed by atoms with Crippen molar-refractivity contribution < 1.29 is 19.1 Å². The molecule has 0 radical (unpaired) electrons. The molecule has 2 atom stereocenters. The van der Waals surface area contributed by atoms with Crippen LogP contribution in [0.3, 0.4) is 0 Å². The lowest BCUT2D eigenvalue weighted by Gasteiger charge is -2.31. The molecule has 2 rings (SSSR count). The van der Waals surface area contributed by atoms with Crippen molar-refractivity contribution in [3.8, 4) is 0 Å². The molecule has 0 aliphatic carbocycles. The van der Waals surface area contributed by atoms with E-state index in [2.05, 4.69) is 5.32 Å². The van der Waals surface area contributed by atoms with Gasteiger partial charge in [0, 0.05) is 6.04 Å². The molecular weight excluding hydrogens is 241 g/mol. The van der Waals surface area contributed by atoms with Gasteiger partial charge in [0.25, 0.3) is 0 Å². The fourth-order valence-electron chi connectivity index (χ4n) is 1.90. The van der Waals surface area contributed by atoms with Crippen LogP contribution in [0.2, 0.25) is 0 Å². The van der Waals surface area contributed by atoms with E-state index in [-0.39, 0.29) is 12.6 Å². The maximum absolute atomic E-state index is 11.1. The molecule has 0 amide bonds. The second-order valence-electron chi connectivity index (χ2n) is 4.20. The largest absolute Gasteiger partial charge is 0.378 e. The Bertz CT molecular complexity index is 405. The van der Waals surface area contributed by atoms with E-state index in [4.69, 9.17) is 14.5 Å². The third-order valence-electron chi connectivity index (χ3n) is 2.75. The van der Waals surface area contributed by atoms with Gasteiger partial charge in [0.15, 0.2) is 0 Å². The van der Waals surface area contributed by atoms with Gasteiger partial charge in [-0.1, -0.05) is 30.3 Å². The van der Waals surface area contributed by atoms with Gasteiger partial charge in [0.05, 0.1) is 13.2 Å². The van der Waals surface area contributed by atoms with Crippen molar-refractivity contribution in [3.05, 3.63) is 35.9 Å². The lowest BCUT2D eigenvalue weighted by molar-refractivity contribution is 0.0593. The Balaban J connectivity index is 1.97. The SMILES string of the molecule is O=P(O)(O)[C@@H]1COC[C@H](Cc2ccccc2)N1. The molecule has 1 aromatic carbocycles. The molecule has 1 aliphatic heterocycles. The molecule has 6 heteroatoms. The molecular formula is C11H16NO4P. The van der Waals surface area contributed by atoms with Crippen molar-refractivity contribution in [1.29, 1.82) is 0 Å². The molecule has 1 aromatic rings. The number of benzene rings is 1. The van der Waals surface area contributed by atoms with Crippen LogP contribution < -0.4 is 5.32 Å². The van der Waals surface area contributed by atoms with Gasteiger partial charge >= 0.3 is 7.60 Å². The zero-order valence-electron chi connectivity index (χ0n) is 9.32. The summed E-state index contributed by atoms with van der Waals surface area (Å²) in [6, 6.07) is 9.75. The Morgan fingerprint density at radius 3 is 2.65 bits per heavy atom. The molecule has 94 valence electrons. The smallest absolute Gasteiger partial charge is 0.344 e. The third kappa shape index (κ3) is 3.63. The van der Waals surface area contributed by atoms with Gasteiger partial charge in [-0.25, -0.2) is 0 Å². The van der Waals surface area contributed by atoms with Crippen LogP contribution in [0.25, 0.3) is 0 Å². The molecule has 1 fully saturated rings. The van der Waals surface area contributed by atoms with Gasteiger partial charge in [-0.3, -0.25) is 9.88 Å². The van der Waals surface area contributed by atoms with Gasteiger partial charge < -0.3 is 14.5 Å². The maximum Gasteiger partial charge on any atom is 0.344 e. The predicted octanol–water partition coefficient (Wildman–Crippen LogP) is 0.721. The van der Waals surface area contributed by atoms with Crippen molar-refractivity contribution in [3.63, 3.8) is 0 Å².